The van der Waals surface area contributed by atoms with Crippen molar-refractivity contribution in [3.63, 3.8) is 0 Å². The summed E-state index contributed by atoms with van der Waals surface area (Å²) in [5.74, 6) is 0.0381. The lowest BCUT2D eigenvalue weighted by molar-refractivity contribution is -0.121. The second-order valence-corrected chi connectivity index (χ2v) is 6.91. The zero-order valence-corrected chi connectivity index (χ0v) is 14.0. The van der Waals surface area contributed by atoms with Crippen LogP contribution < -0.4 is 5.32 Å². The molecule has 0 bridgehead atoms. The first kappa shape index (κ1) is 16.0. The fourth-order valence-corrected chi connectivity index (χ4v) is 3.80. The van der Waals surface area contributed by atoms with Crippen molar-refractivity contribution >= 4 is 17.7 Å². The highest BCUT2D eigenvalue weighted by molar-refractivity contribution is 8.00. The monoisotopic (exact) mass is 331 g/mol. The van der Waals surface area contributed by atoms with Crippen molar-refractivity contribution in [1.29, 1.82) is 0 Å². The molecule has 122 valence electrons. The summed E-state index contributed by atoms with van der Waals surface area (Å²) in [6, 6.07) is 10.1. The molecule has 1 aromatic heterocycles. The third kappa shape index (κ3) is 4.10. The van der Waals surface area contributed by atoms with E-state index in [1.54, 1.807) is 11.7 Å². The van der Waals surface area contributed by atoms with Crippen molar-refractivity contribution in [2.45, 2.75) is 48.6 Å². The largest absolute Gasteiger partial charge is 0.352 e. The van der Waals surface area contributed by atoms with Crippen LogP contribution in [0.4, 0.5) is 0 Å². The van der Waals surface area contributed by atoms with Crippen LogP contribution in [0.25, 0.3) is 0 Å². The molecule has 1 fully saturated rings. The van der Waals surface area contributed by atoms with E-state index in [1.807, 2.05) is 30.3 Å². The zero-order valence-electron chi connectivity index (χ0n) is 13.2. The maximum absolute atomic E-state index is 12.8. The molecule has 1 saturated carbocycles. The minimum absolute atomic E-state index is 0.0381. The number of nitrogens with zero attached hydrogens (tertiary/aromatic N) is 4. The summed E-state index contributed by atoms with van der Waals surface area (Å²) in [6.45, 7) is 0. The first-order chi connectivity index (χ1) is 11.2. The summed E-state index contributed by atoms with van der Waals surface area (Å²) < 4.78 is 1.59. The van der Waals surface area contributed by atoms with Gasteiger partial charge in [0.25, 0.3) is 0 Å². The van der Waals surface area contributed by atoms with E-state index in [4.69, 9.17) is 0 Å². The van der Waals surface area contributed by atoms with Crippen LogP contribution in [-0.2, 0) is 11.8 Å². The molecule has 1 aliphatic carbocycles. The smallest absolute Gasteiger partial charge is 0.238 e. The van der Waals surface area contributed by atoms with Gasteiger partial charge in [0.2, 0.25) is 11.1 Å². The van der Waals surface area contributed by atoms with Gasteiger partial charge in [0.15, 0.2) is 0 Å². The van der Waals surface area contributed by atoms with E-state index < -0.39 is 0 Å². The number of hydrogen-bond donors (Lipinski definition) is 1. The first-order valence-electron chi connectivity index (χ1n) is 7.98. The molecule has 0 radical (unpaired) electrons. The van der Waals surface area contributed by atoms with Gasteiger partial charge in [-0.2, -0.15) is 0 Å². The van der Waals surface area contributed by atoms with E-state index in [-0.39, 0.29) is 11.2 Å². The van der Waals surface area contributed by atoms with Crippen molar-refractivity contribution in [3.05, 3.63) is 35.9 Å². The molecule has 1 aliphatic rings. The molecule has 0 saturated heterocycles. The second-order valence-electron chi connectivity index (χ2n) is 5.84. The van der Waals surface area contributed by atoms with E-state index in [9.17, 15) is 4.79 Å². The summed E-state index contributed by atoms with van der Waals surface area (Å²) in [4.78, 5) is 12.8. The normalized spacial score (nSPS) is 16.9. The molecule has 1 amide bonds. The van der Waals surface area contributed by atoms with Gasteiger partial charge < -0.3 is 5.32 Å². The van der Waals surface area contributed by atoms with E-state index in [0.29, 0.717) is 11.2 Å². The number of aromatic nitrogens is 4. The fourth-order valence-electron chi connectivity index (χ4n) is 2.85. The number of rotatable bonds is 5. The SMILES string of the molecule is Cn1nnnc1SC(C(=O)NC1CCCCC1)c1ccccc1. The predicted octanol–water partition coefficient (Wildman–Crippen LogP) is 2.49. The Hall–Kier alpha value is -1.89. The van der Waals surface area contributed by atoms with Crippen LogP contribution >= 0.6 is 11.8 Å². The summed E-state index contributed by atoms with van der Waals surface area (Å²) >= 11 is 1.39. The fraction of sp³-hybridized carbons (Fsp3) is 0.500. The van der Waals surface area contributed by atoms with Crippen LogP contribution in [0.5, 0.6) is 0 Å². The molecule has 7 heteroatoms. The van der Waals surface area contributed by atoms with Crippen LogP contribution in [-0.4, -0.2) is 32.2 Å². The average molecular weight is 331 g/mol. The van der Waals surface area contributed by atoms with Gasteiger partial charge in [0.1, 0.15) is 5.25 Å². The summed E-state index contributed by atoms with van der Waals surface area (Å²) in [7, 11) is 1.78. The Morgan fingerprint density at radius 2 is 2.00 bits per heavy atom. The molecule has 1 unspecified atom stereocenters. The highest BCUT2D eigenvalue weighted by atomic mass is 32.2. The minimum atomic E-state index is -0.345. The zero-order chi connectivity index (χ0) is 16.1. The average Bonchev–Trinajstić information content (AvgIpc) is 2.99. The van der Waals surface area contributed by atoms with Crippen molar-refractivity contribution < 1.29 is 4.79 Å². The van der Waals surface area contributed by atoms with Crippen molar-refractivity contribution in [2.75, 3.05) is 0 Å². The number of nitrogens with one attached hydrogen (secondary N) is 1. The van der Waals surface area contributed by atoms with Gasteiger partial charge in [-0.05, 0) is 28.8 Å². The summed E-state index contributed by atoms with van der Waals surface area (Å²) in [5, 5.41) is 15.0. The van der Waals surface area contributed by atoms with Crippen molar-refractivity contribution in [1.82, 2.24) is 25.5 Å². The number of aryl methyl sites for hydroxylation is 1. The lowest BCUT2D eigenvalue weighted by Crippen LogP contribution is -2.38. The van der Waals surface area contributed by atoms with Gasteiger partial charge in [-0.1, -0.05) is 61.4 Å². The van der Waals surface area contributed by atoms with E-state index in [1.165, 1.54) is 31.0 Å². The molecule has 23 heavy (non-hydrogen) atoms. The molecule has 0 aliphatic heterocycles. The van der Waals surface area contributed by atoms with Gasteiger partial charge in [0.05, 0.1) is 0 Å². The standard InChI is InChI=1S/C16H21N5OS/c1-21-16(18-19-20-21)23-14(12-8-4-2-5-9-12)15(22)17-13-10-6-3-7-11-13/h2,4-5,8-9,13-14H,3,6-7,10-11H2,1H3,(H,17,22). The number of benzene rings is 1. The van der Waals surface area contributed by atoms with Gasteiger partial charge in [-0.15, -0.1) is 5.10 Å². The van der Waals surface area contributed by atoms with Crippen LogP contribution in [0.3, 0.4) is 0 Å². The Kier molecular flexibility index (Phi) is 5.27. The molecule has 6 nitrogen and oxygen atoms in total. The molecular formula is C16H21N5OS. The number of hydrogen-bond acceptors (Lipinski definition) is 5. The van der Waals surface area contributed by atoms with Crippen LogP contribution in [0, 0.1) is 0 Å². The van der Waals surface area contributed by atoms with Gasteiger partial charge >= 0.3 is 0 Å². The molecule has 3 rings (SSSR count). The second kappa shape index (κ2) is 7.59. The number of carbonyl (C=O) groups excluding carboxylic acids is 1. The summed E-state index contributed by atoms with van der Waals surface area (Å²) in [5.41, 5.74) is 0.966. The quantitative estimate of drug-likeness (QED) is 0.852. The number of tetrazole rings is 1. The summed E-state index contributed by atoms with van der Waals surface area (Å²) in [6.07, 6.45) is 5.81. The Bertz CT molecular complexity index is 639. The number of amides is 1. The Morgan fingerprint density at radius 1 is 1.26 bits per heavy atom. The molecular weight excluding hydrogens is 310 g/mol. The molecule has 0 spiro atoms. The van der Waals surface area contributed by atoms with Gasteiger partial charge in [-0.25, -0.2) is 4.68 Å². The Balaban J connectivity index is 1.76. The van der Waals surface area contributed by atoms with E-state index >= 15 is 0 Å². The van der Waals surface area contributed by atoms with Crippen LogP contribution in [0.2, 0.25) is 0 Å². The van der Waals surface area contributed by atoms with Crippen LogP contribution in [0.1, 0.15) is 42.9 Å². The lowest BCUT2D eigenvalue weighted by Gasteiger charge is -2.25. The highest BCUT2D eigenvalue weighted by Crippen LogP contribution is 2.34. The number of carbonyl (C=O) groups is 1. The predicted molar refractivity (Wildman–Crippen MR) is 88.9 cm³/mol. The molecule has 1 aromatic carbocycles. The maximum atomic E-state index is 12.8. The van der Waals surface area contributed by atoms with Crippen LogP contribution in [0.15, 0.2) is 35.5 Å². The lowest BCUT2D eigenvalue weighted by atomic mass is 9.95. The van der Waals surface area contributed by atoms with Crippen molar-refractivity contribution in [3.8, 4) is 0 Å². The van der Waals surface area contributed by atoms with Gasteiger partial charge in [0, 0.05) is 13.1 Å². The Labute approximate surface area is 140 Å². The first-order valence-corrected chi connectivity index (χ1v) is 8.86. The van der Waals surface area contributed by atoms with Crippen molar-refractivity contribution in [2.24, 2.45) is 7.05 Å². The number of thioether (sulfide) groups is 1. The van der Waals surface area contributed by atoms with E-state index in [2.05, 4.69) is 20.8 Å². The maximum Gasteiger partial charge on any atom is 0.238 e. The molecule has 1 N–H and O–H groups in total. The van der Waals surface area contributed by atoms with Gasteiger partial charge in [-0.3, -0.25) is 4.79 Å². The third-order valence-corrected chi connectivity index (χ3v) is 5.38. The molecule has 1 heterocycles. The third-order valence-electron chi connectivity index (χ3n) is 4.10. The van der Waals surface area contributed by atoms with E-state index in [0.717, 1.165) is 18.4 Å². The molecule has 1 atom stereocenters. The Morgan fingerprint density at radius 3 is 2.65 bits per heavy atom. The topological polar surface area (TPSA) is 72.7 Å². The minimum Gasteiger partial charge on any atom is -0.352 e. The highest BCUT2D eigenvalue weighted by Gasteiger charge is 2.26. The molecule has 2 aromatic rings.